The molecule has 2 unspecified atom stereocenters. The molecule has 2 fully saturated rings. The third-order valence-electron chi connectivity index (χ3n) is 3.75. The average Bonchev–Trinajstić information content (AvgIpc) is 2.80. The van der Waals surface area contributed by atoms with Gasteiger partial charge >= 0.3 is 0 Å². The maximum Gasteiger partial charge on any atom is 0.0635 e. The predicted octanol–water partition coefficient (Wildman–Crippen LogP) is 1.36. The predicted molar refractivity (Wildman–Crippen MR) is 60.4 cm³/mol. The van der Waals surface area contributed by atoms with Gasteiger partial charge in [-0.2, -0.15) is 5.26 Å². The van der Waals surface area contributed by atoms with Crippen LogP contribution in [0.25, 0.3) is 0 Å². The highest BCUT2D eigenvalue weighted by Crippen LogP contribution is 2.24. The van der Waals surface area contributed by atoms with Crippen LogP contribution in [0.4, 0.5) is 0 Å². The Morgan fingerprint density at radius 2 is 2.27 bits per heavy atom. The Morgan fingerprint density at radius 3 is 3.00 bits per heavy atom. The first kappa shape index (κ1) is 10.9. The van der Waals surface area contributed by atoms with Crippen LogP contribution >= 0.6 is 0 Å². The normalized spacial score (nSPS) is 32.7. The minimum absolute atomic E-state index is 0.685. The molecule has 15 heavy (non-hydrogen) atoms. The van der Waals surface area contributed by atoms with Crippen LogP contribution in [0.1, 0.15) is 32.1 Å². The Morgan fingerprint density at radius 1 is 1.33 bits per heavy atom. The summed E-state index contributed by atoms with van der Waals surface area (Å²) in [6.07, 6.45) is 6.08. The van der Waals surface area contributed by atoms with E-state index in [2.05, 4.69) is 16.3 Å². The molecule has 2 atom stereocenters. The van der Waals surface area contributed by atoms with Crippen molar-refractivity contribution in [2.75, 3.05) is 26.2 Å². The molecule has 0 spiro atoms. The van der Waals surface area contributed by atoms with Crippen LogP contribution < -0.4 is 5.32 Å². The Hall–Kier alpha value is -0.590. The largest absolute Gasteiger partial charge is 0.314 e. The van der Waals surface area contributed by atoms with Gasteiger partial charge in [-0.05, 0) is 44.7 Å². The third kappa shape index (κ3) is 2.93. The number of hydrogen-bond acceptors (Lipinski definition) is 3. The fraction of sp³-hybridized carbons (Fsp3) is 0.917. The zero-order valence-electron chi connectivity index (χ0n) is 9.41. The Kier molecular flexibility index (Phi) is 3.99. The van der Waals surface area contributed by atoms with Crippen molar-refractivity contribution in [3.05, 3.63) is 0 Å². The maximum atomic E-state index is 8.59. The van der Waals surface area contributed by atoms with E-state index in [0.29, 0.717) is 6.42 Å². The quantitative estimate of drug-likeness (QED) is 0.759. The molecule has 1 N–H and O–H groups in total. The van der Waals surface area contributed by atoms with Crippen molar-refractivity contribution in [3.8, 4) is 6.07 Å². The highest BCUT2D eigenvalue weighted by Gasteiger charge is 2.28. The molecule has 84 valence electrons. The Balaban J connectivity index is 1.78. The zero-order valence-corrected chi connectivity index (χ0v) is 9.41. The van der Waals surface area contributed by atoms with Crippen LogP contribution in [-0.2, 0) is 0 Å². The summed E-state index contributed by atoms with van der Waals surface area (Å²) < 4.78 is 0. The average molecular weight is 207 g/mol. The molecular weight excluding hydrogens is 186 g/mol. The Bertz CT molecular complexity index is 228. The molecule has 0 aromatic rings. The number of likely N-dealkylation sites (tertiary alicyclic amines) is 1. The van der Waals surface area contributed by atoms with Crippen molar-refractivity contribution in [2.24, 2.45) is 5.92 Å². The molecule has 3 heteroatoms. The van der Waals surface area contributed by atoms with E-state index in [4.69, 9.17) is 5.26 Å². The Labute approximate surface area is 92.4 Å². The van der Waals surface area contributed by atoms with E-state index in [1.165, 1.54) is 45.3 Å². The van der Waals surface area contributed by atoms with Gasteiger partial charge in [0.15, 0.2) is 0 Å². The van der Waals surface area contributed by atoms with E-state index in [1.54, 1.807) is 0 Å². The standard InChI is InChI=1S/C12H21N3/c13-6-3-9-15-8-2-4-11(10-15)12-5-1-7-14-12/h11-12,14H,1-5,7-10H2. The van der Waals surface area contributed by atoms with Gasteiger partial charge in [-0.1, -0.05) is 0 Å². The smallest absolute Gasteiger partial charge is 0.0635 e. The van der Waals surface area contributed by atoms with Crippen molar-refractivity contribution >= 4 is 0 Å². The second-order valence-corrected chi connectivity index (χ2v) is 4.81. The van der Waals surface area contributed by atoms with Crippen LogP contribution in [-0.4, -0.2) is 37.1 Å². The molecule has 3 nitrogen and oxygen atoms in total. The van der Waals surface area contributed by atoms with Crippen molar-refractivity contribution in [2.45, 2.75) is 38.1 Å². The third-order valence-corrected chi connectivity index (χ3v) is 3.75. The molecule has 2 aliphatic rings. The highest BCUT2D eigenvalue weighted by molar-refractivity contribution is 4.87. The van der Waals surface area contributed by atoms with Gasteiger partial charge in [0, 0.05) is 25.6 Å². The van der Waals surface area contributed by atoms with Gasteiger partial charge in [0.05, 0.1) is 6.07 Å². The van der Waals surface area contributed by atoms with Crippen LogP contribution in [0.3, 0.4) is 0 Å². The summed E-state index contributed by atoms with van der Waals surface area (Å²) in [6.45, 7) is 4.59. The van der Waals surface area contributed by atoms with Crippen LogP contribution in [0, 0.1) is 17.2 Å². The maximum absolute atomic E-state index is 8.59. The number of rotatable bonds is 3. The van der Waals surface area contributed by atoms with Crippen LogP contribution in [0.15, 0.2) is 0 Å². The van der Waals surface area contributed by atoms with Gasteiger partial charge in [0.25, 0.3) is 0 Å². The minimum Gasteiger partial charge on any atom is -0.314 e. The second kappa shape index (κ2) is 5.48. The number of nitrogens with zero attached hydrogens (tertiary/aromatic N) is 2. The molecule has 0 radical (unpaired) electrons. The lowest BCUT2D eigenvalue weighted by Crippen LogP contribution is -2.43. The number of nitriles is 1. The van der Waals surface area contributed by atoms with Gasteiger partial charge in [-0.15, -0.1) is 0 Å². The van der Waals surface area contributed by atoms with Gasteiger partial charge in [-0.3, -0.25) is 0 Å². The van der Waals surface area contributed by atoms with Crippen LogP contribution in [0.2, 0.25) is 0 Å². The number of piperidine rings is 1. The molecule has 0 aromatic carbocycles. The molecule has 0 saturated carbocycles. The summed E-state index contributed by atoms with van der Waals surface area (Å²) in [5.74, 6) is 0.833. The summed E-state index contributed by atoms with van der Waals surface area (Å²) in [5, 5.41) is 12.2. The number of nitrogens with one attached hydrogen (secondary N) is 1. The van der Waals surface area contributed by atoms with Crippen molar-refractivity contribution in [3.63, 3.8) is 0 Å². The highest BCUT2D eigenvalue weighted by atomic mass is 15.1. The van der Waals surface area contributed by atoms with E-state index in [-0.39, 0.29) is 0 Å². The molecular formula is C12H21N3. The molecule has 0 aliphatic carbocycles. The topological polar surface area (TPSA) is 39.1 Å². The summed E-state index contributed by atoms with van der Waals surface area (Å²) in [6, 6.07) is 3.00. The lowest BCUT2D eigenvalue weighted by Gasteiger charge is -2.35. The van der Waals surface area contributed by atoms with E-state index in [9.17, 15) is 0 Å². The summed E-state index contributed by atoms with van der Waals surface area (Å²) >= 11 is 0. The first-order chi connectivity index (χ1) is 7.40. The molecule has 2 rings (SSSR count). The van der Waals surface area contributed by atoms with E-state index < -0.39 is 0 Å². The van der Waals surface area contributed by atoms with E-state index >= 15 is 0 Å². The second-order valence-electron chi connectivity index (χ2n) is 4.81. The van der Waals surface area contributed by atoms with Crippen molar-refractivity contribution in [1.82, 2.24) is 10.2 Å². The summed E-state index contributed by atoms with van der Waals surface area (Å²) in [4.78, 5) is 2.47. The molecule has 2 heterocycles. The SMILES string of the molecule is N#CCCN1CCCC(C2CCCN2)C1. The van der Waals surface area contributed by atoms with Crippen LogP contribution in [0.5, 0.6) is 0 Å². The van der Waals surface area contributed by atoms with Gasteiger partial charge in [-0.25, -0.2) is 0 Å². The lowest BCUT2D eigenvalue weighted by molar-refractivity contribution is 0.154. The van der Waals surface area contributed by atoms with Crippen molar-refractivity contribution in [1.29, 1.82) is 5.26 Å². The first-order valence-electron chi connectivity index (χ1n) is 6.23. The lowest BCUT2D eigenvalue weighted by atomic mass is 9.90. The fourth-order valence-corrected chi connectivity index (χ4v) is 2.94. The molecule has 0 aromatic heterocycles. The van der Waals surface area contributed by atoms with Gasteiger partial charge < -0.3 is 10.2 Å². The molecule has 0 amide bonds. The van der Waals surface area contributed by atoms with E-state index in [0.717, 1.165) is 18.5 Å². The summed E-state index contributed by atoms with van der Waals surface area (Å²) in [5.41, 5.74) is 0. The first-order valence-corrected chi connectivity index (χ1v) is 6.23. The van der Waals surface area contributed by atoms with Crippen molar-refractivity contribution < 1.29 is 0 Å². The molecule has 0 bridgehead atoms. The molecule has 2 aliphatic heterocycles. The monoisotopic (exact) mass is 207 g/mol. The minimum atomic E-state index is 0.685. The summed E-state index contributed by atoms with van der Waals surface area (Å²) in [7, 11) is 0. The number of hydrogen-bond donors (Lipinski definition) is 1. The molecule has 2 saturated heterocycles. The van der Waals surface area contributed by atoms with Gasteiger partial charge in [0.1, 0.15) is 0 Å². The fourth-order valence-electron chi connectivity index (χ4n) is 2.94. The van der Waals surface area contributed by atoms with Gasteiger partial charge in [0.2, 0.25) is 0 Å². The zero-order chi connectivity index (χ0) is 10.5. The van der Waals surface area contributed by atoms with E-state index in [1.807, 2.05) is 0 Å².